The largest absolute Gasteiger partial charge is 0.477 e. The van der Waals surface area contributed by atoms with Gasteiger partial charge >= 0.3 is 5.97 Å². The average molecular weight is 364 g/mol. The van der Waals surface area contributed by atoms with Crippen molar-refractivity contribution >= 4 is 22.8 Å². The first-order valence-corrected chi connectivity index (χ1v) is 8.40. The average Bonchev–Trinajstić information content (AvgIpc) is 3.29. The zero-order valence-corrected chi connectivity index (χ0v) is 13.9. The number of aryl methyl sites for hydroxylation is 1. The minimum Gasteiger partial charge on any atom is -0.477 e. The molecule has 2 aromatic rings. The van der Waals surface area contributed by atoms with Crippen LogP contribution in [0.4, 0.5) is 14.6 Å². The molecule has 2 aromatic heterocycles. The molecule has 7 nitrogen and oxygen atoms in total. The molecule has 3 heterocycles. The summed E-state index contributed by atoms with van der Waals surface area (Å²) in [6, 6.07) is 0.923. The van der Waals surface area contributed by atoms with E-state index in [9.17, 15) is 18.4 Å². The van der Waals surface area contributed by atoms with Crippen LogP contribution in [0.2, 0.25) is 0 Å². The van der Waals surface area contributed by atoms with Crippen LogP contribution < -0.4 is 16.1 Å². The molecule has 2 aliphatic rings. The minimum absolute atomic E-state index is 0.00878. The lowest BCUT2D eigenvalue weighted by molar-refractivity contribution is 0.0694. The highest BCUT2D eigenvalue weighted by Gasteiger charge is 2.54. The maximum absolute atomic E-state index is 14.7. The van der Waals surface area contributed by atoms with E-state index in [1.165, 1.54) is 4.57 Å². The van der Waals surface area contributed by atoms with E-state index in [1.54, 1.807) is 4.90 Å². The Labute approximate surface area is 147 Å². The van der Waals surface area contributed by atoms with Crippen LogP contribution >= 0.6 is 0 Å². The van der Waals surface area contributed by atoms with Gasteiger partial charge in [-0.05, 0) is 18.9 Å². The summed E-state index contributed by atoms with van der Waals surface area (Å²) in [4.78, 5) is 29.6. The number of hydrogen-bond donors (Lipinski definition) is 2. The molecule has 0 amide bonds. The Hall–Kier alpha value is -2.55. The van der Waals surface area contributed by atoms with Crippen molar-refractivity contribution in [2.75, 3.05) is 24.7 Å². The molecule has 1 spiro atoms. The molecular weight excluding hydrogens is 346 g/mol. The number of halogens is 2. The molecular formula is C17H18F2N4O3. The Morgan fingerprint density at radius 1 is 1.46 bits per heavy atom. The zero-order chi connectivity index (χ0) is 18.6. The fourth-order valence-corrected chi connectivity index (χ4v) is 3.76. The van der Waals surface area contributed by atoms with Crippen LogP contribution in [0.25, 0.3) is 11.0 Å². The lowest BCUT2D eigenvalue weighted by Crippen LogP contribution is -2.31. The second kappa shape index (κ2) is 5.73. The molecule has 1 unspecified atom stereocenters. The van der Waals surface area contributed by atoms with Gasteiger partial charge in [0.1, 0.15) is 17.9 Å². The van der Waals surface area contributed by atoms with Crippen LogP contribution in [0.3, 0.4) is 0 Å². The molecule has 4 rings (SSSR count). The number of nitrogens with zero attached hydrogens (tertiary/aromatic N) is 3. The second-order valence-electron chi connectivity index (χ2n) is 7.07. The van der Waals surface area contributed by atoms with E-state index in [-0.39, 0.29) is 34.9 Å². The lowest BCUT2D eigenvalue weighted by atomic mass is 10.0. The summed E-state index contributed by atoms with van der Waals surface area (Å²) in [7, 11) is 0. The fourth-order valence-electron chi connectivity index (χ4n) is 3.76. The highest BCUT2D eigenvalue weighted by molar-refractivity contribution is 5.92. The first-order chi connectivity index (χ1) is 12.4. The smallest absolute Gasteiger partial charge is 0.341 e. The maximum atomic E-state index is 14.7. The van der Waals surface area contributed by atoms with Crippen LogP contribution in [-0.4, -0.2) is 46.4 Å². The van der Waals surface area contributed by atoms with Gasteiger partial charge < -0.3 is 20.3 Å². The SMILES string of the molecule is NC1CN(c2nc3c(cc2F)c(=O)c(C(=O)O)cn3CCF)CC12CC2. The highest BCUT2D eigenvalue weighted by Crippen LogP contribution is 2.52. The topological polar surface area (TPSA) is 101 Å². The Morgan fingerprint density at radius 2 is 2.19 bits per heavy atom. The summed E-state index contributed by atoms with van der Waals surface area (Å²) >= 11 is 0. The fraction of sp³-hybridized carbons (Fsp3) is 0.471. The lowest BCUT2D eigenvalue weighted by Gasteiger charge is -2.19. The van der Waals surface area contributed by atoms with Gasteiger partial charge in [-0.25, -0.2) is 18.6 Å². The highest BCUT2D eigenvalue weighted by atomic mass is 19.1. The number of fused-ring (bicyclic) bond motifs is 1. The summed E-state index contributed by atoms with van der Waals surface area (Å²) in [5.41, 5.74) is 4.86. The quantitative estimate of drug-likeness (QED) is 0.843. The number of carbonyl (C=O) groups is 1. The molecule has 9 heteroatoms. The Balaban J connectivity index is 1.88. The Kier molecular flexibility index (Phi) is 3.72. The number of carboxylic acids is 1. The van der Waals surface area contributed by atoms with E-state index in [0.29, 0.717) is 13.1 Å². The van der Waals surface area contributed by atoms with Gasteiger partial charge in [0, 0.05) is 30.7 Å². The van der Waals surface area contributed by atoms with Crippen LogP contribution in [0.1, 0.15) is 23.2 Å². The van der Waals surface area contributed by atoms with Crippen LogP contribution in [0, 0.1) is 11.2 Å². The molecule has 1 saturated carbocycles. The summed E-state index contributed by atoms with van der Waals surface area (Å²) in [5.74, 6) is -2.10. The predicted octanol–water partition coefficient (Wildman–Crippen LogP) is 1.13. The minimum atomic E-state index is -1.45. The first kappa shape index (κ1) is 16.9. The zero-order valence-electron chi connectivity index (χ0n) is 13.9. The van der Waals surface area contributed by atoms with Crippen molar-refractivity contribution in [1.82, 2.24) is 9.55 Å². The van der Waals surface area contributed by atoms with Gasteiger partial charge in [0.05, 0.1) is 11.9 Å². The van der Waals surface area contributed by atoms with E-state index in [2.05, 4.69) is 4.98 Å². The normalized spacial score (nSPS) is 20.9. The molecule has 1 aliphatic heterocycles. The predicted molar refractivity (Wildman–Crippen MR) is 90.8 cm³/mol. The molecule has 26 heavy (non-hydrogen) atoms. The van der Waals surface area contributed by atoms with Gasteiger partial charge in [0.2, 0.25) is 5.43 Å². The Bertz CT molecular complexity index is 971. The standard InChI is InChI=1S/C17H18F2N4O3/c18-3-4-22-6-10(16(25)26)13(24)9-5-11(19)15(21-14(9)22)23-7-12(20)17(8-23)1-2-17/h5-6,12H,1-4,7-8,20H2,(H,25,26). The van der Waals surface area contributed by atoms with E-state index in [0.717, 1.165) is 25.1 Å². The molecule has 1 aliphatic carbocycles. The molecule has 3 N–H and O–H groups in total. The number of alkyl halides is 1. The van der Waals surface area contributed by atoms with Gasteiger partial charge in [0.25, 0.3) is 0 Å². The number of carboxylic acid groups (broad SMARTS) is 1. The third-order valence-electron chi connectivity index (χ3n) is 5.44. The van der Waals surface area contributed by atoms with Gasteiger partial charge in [-0.15, -0.1) is 0 Å². The number of anilines is 1. The van der Waals surface area contributed by atoms with Crippen molar-refractivity contribution in [3.63, 3.8) is 0 Å². The number of rotatable bonds is 4. The number of aromatic carboxylic acids is 1. The van der Waals surface area contributed by atoms with Gasteiger partial charge in [-0.2, -0.15) is 0 Å². The summed E-state index contributed by atoms with van der Waals surface area (Å²) in [6.07, 6.45) is 3.04. The van der Waals surface area contributed by atoms with Crippen LogP contribution in [0.15, 0.2) is 17.1 Å². The molecule has 0 bridgehead atoms. The van der Waals surface area contributed by atoms with Crippen molar-refractivity contribution in [1.29, 1.82) is 0 Å². The number of pyridine rings is 2. The maximum Gasteiger partial charge on any atom is 0.341 e. The van der Waals surface area contributed by atoms with Crippen molar-refractivity contribution in [2.45, 2.75) is 25.4 Å². The monoisotopic (exact) mass is 364 g/mol. The van der Waals surface area contributed by atoms with Crippen LogP contribution in [-0.2, 0) is 6.54 Å². The molecule has 1 atom stereocenters. The van der Waals surface area contributed by atoms with Gasteiger partial charge in [-0.3, -0.25) is 4.79 Å². The van der Waals surface area contributed by atoms with Crippen molar-refractivity contribution in [3.05, 3.63) is 33.9 Å². The van der Waals surface area contributed by atoms with Gasteiger partial charge in [-0.1, -0.05) is 0 Å². The second-order valence-corrected chi connectivity index (χ2v) is 7.07. The summed E-state index contributed by atoms with van der Waals surface area (Å²) < 4.78 is 28.8. The van der Waals surface area contributed by atoms with Crippen molar-refractivity contribution < 1.29 is 18.7 Å². The van der Waals surface area contributed by atoms with E-state index >= 15 is 0 Å². The molecule has 0 aromatic carbocycles. The molecule has 2 fully saturated rings. The molecule has 0 radical (unpaired) electrons. The van der Waals surface area contributed by atoms with Crippen LogP contribution in [0.5, 0.6) is 0 Å². The summed E-state index contributed by atoms with van der Waals surface area (Å²) in [5, 5.41) is 8.99. The van der Waals surface area contributed by atoms with Crippen molar-refractivity contribution in [3.8, 4) is 0 Å². The number of hydrogen-bond acceptors (Lipinski definition) is 5. The summed E-state index contributed by atoms with van der Waals surface area (Å²) in [6.45, 7) is 0.0851. The third-order valence-corrected chi connectivity index (χ3v) is 5.44. The number of nitrogens with two attached hydrogens (primary N) is 1. The van der Waals surface area contributed by atoms with E-state index < -0.39 is 29.5 Å². The number of aromatic nitrogens is 2. The molecule has 1 saturated heterocycles. The van der Waals surface area contributed by atoms with Crippen molar-refractivity contribution in [2.24, 2.45) is 11.1 Å². The van der Waals surface area contributed by atoms with Gasteiger partial charge in [0.15, 0.2) is 11.6 Å². The first-order valence-electron chi connectivity index (χ1n) is 8.40. The van der Waals surface area contributed by atoms with E-state index in [1.807, 2.05) is 0 Å². The Morgan fingerprint density at radius 3 is 2.77 bits per heavy atom. The molecule has 138 valence electrons. The third kappa shape index (κ3) is 2.45. The van der Waals surface area contributed by atoms with E-state index in [4.69, 9.17) is 10.8 Å².